The lowest BCUT2D eigenvalue weighted by Crippen LogP contribution is -2.40. The fourth-order valence-electron chi connectivity index (χ4n) is 2.59. The molecule has 1 heterocycles. The van der Waals surface area contributed by atoms with Gasteiger partial charge in [-0.1, -0.05) is 30.3 Å². The van der Waals surface area contributed by atoms with Gasteiger partial charge >= 0.3 is 0 Å². The molecule has 2 rings (SSSR count). The highest BCUT2D eigenvalue weighted by Crippen LogP contribution is 2.04. The second-order valence-electron chi connectivity index (χ2n) is 5.94. The molecule has 0 aliphatic rings. The van der Waals surface area contributed by atoms with Crippen LogP contribution in [0, 0.1) is 0 Å². The van der Waals surface area contributed by atoms with Gasteiger partial charge in [-0.2, -0.15) is 0 Å². The molecule has 7 heteroatoms. The Balaban J connectivity index is 0.00000364. The van der Waals surface area contributed by atoms with Gasteiger partial charge in [0.1, 0.15) is 6.54 Å². The summed E-state index contributed by atoms with van der Waals surface area (Å²) in [7, 11) is 0. The van der Waals surface area contributed by atoms with Gasteiger partial charge in [0.05, 0.1) is 0 Å². The van der Waals surface area contributed by atoms with Crippen LogP contribution in [0.15, 0.2) is 59.9 Å². The smallest absolute Gasteiger partial charge is 0.244 e. The summed E-state index contributed by atoms with van der Waals surface area (Å²) < 4.78 is 2.10. The number of hydrogen-bond donors (Lipinski definition) is 2. The van der Waals surface area contributed by atoms with Crippen molar-refractivity contribution in [3.05, 3.63) is 60.4 Å². The summed E-state index contributed by atoms with van der Waals surface area (Å²) in [5.41, 5.74) is 1.13. The first-order valence-corrected chi connectivity index (χ1v) is 9.17. The van der Waals surface area contributed by atoms with Crippen molar-refractivity contribution in [1.82, 2.24) is 20.1 Å². The minimum absolute atomic E-state index is 0. The molecule has 1 amide bonds. The molecule has 27 heavy (non-hydrogen) atoms. The van der Waals surface area contributed by atoms with Crippen molar-refractivity contribution in [3.8, 4) is 0 Å². The van der Waals surface area contributed by atoms with E-state index in [1.54, 1.807) is 0 Å². The van der Waals surface area contributed by atoms with Gasteiger partial charge in [0.25, 0.3) is 0 Å². The van der Waals surface area contributed by atoms with E-state index in [0.29, 0.717) is 19.0 Å². The van der Waals surface area contributed by atoms with E-state index in [2.05, 4.69) is 20.2 Å². The Morgan fingerprint density at radius 2 is 1.78 bits per heavy atom. The van der Waals surface area contributed by atoms with Crippen LogP contribution < -0.4 is 10.6 Å². The highest BCUT2D eigenvalue weighted by molar-refractivity contribution is 14.0. The van der Waals surface area contributed by atoms with Crippen LogP contribution in [0.2, 0.25) is 0 Å². The zero-order valence-corrected chi connectivity index (χ0v) is 18.4. The van der Waals surface area contributed by atoms with Crippen molar-refractivity contribution in [2.75, 3.05) is 26.2 Å². The molecule has 148 valence electrons. The number of aliphatic imine (C=N–C) groups is 1. The van der Waals surface area contributed by atoms with E-state index in [4.69, 9.17) is 0 Å². The number of aromatic nitrogens is 1. The van der Waals surface area contributed by atoms with Crippen LogP contribution in [0.4, 0.5) is 0 Å². The number of likely N-dealkylation sites (N-methyl/N-ethyl adjacent to an activating group) is 1. The molecule has 2 aromatic rings. The van der Waals surface area contributed by atoms with E-state index in [1.165, 1.54) is 0 Å². The molecule has 0 aliphatic heterocycles. The predicted molar refractivity (Wildman–Crippen MR) is 121 cm³/mol. The first-order chi connectivity index (χ1) is 12.7. The van der Waals surface area contributed by atoms with Crippen LogP contribution in [-0.2, 0) is 17.9 Å². The fourth-order valence-corrected chi connectivity index (χ4v) is 2.59. The highest BCUT2D eigenvalue weighted by atomic mass is 127. The van der Waals surface area contributed by atoms with Crippen molar-refractivity contribution < 1.29 is 4.79 Å². The number of amides is 1. The van der Waals surface area contributed by atoms with Gasteiger partial charge in [-0.05, 0) is 31.5 Å². The maximum Gasteiger partial charge on any atom is 0.244 e. The van der Waals surface area contributed by atoms with Crippen molar-refractivity contribution >= 4 is 35.8 Å². The summed E-state index contributed by atoms with van der Waals surface area (Å²) in [6, 6.07) is 14.0. The molecule has 0 radical (unpaired) electrons. The minimum atomic E-state index is 0. The summed E-state index contributed by atoms with van der Waals surface area (Å²) in [6.45, 7) is 7.77. The lowest BCUT2D eigenvalue weighted by molar-refractivity contribution is -0.130. The molecular weight excluding hydrogens is 453 g/mol. The molecule has 0 fully saturated rings. The summed E-state index contributed by atoms with van der Waals surface area (Å²) in [5, 5.41) is 6.45. The number of guanidine groups is 1. The second kappa shape index (κ2) is 13.2. The first kappa shape index (κ1) is 23.0. The molecule has 1 aromatic heterocycles. The molecule has 2 N–H and O–H groups in total. The van der Waals surface area contributed by atoms with E-state index in [0.717, 1.165) is 25.2 Å². The molecule has 0 bridgehead atoms. The number of nitrogens with zero attached hydrogens (tertiary/aromatic N) is 3. The fraction of sp³-hybridized carbons (Fsp3) is 0.400. The number of carbonyl (C=O) groups excluding carboxylic acids is 1. The average Bonchev–Trinajstić information content (AvgIpc) is 3.18. The standard InChI is InChI=1S/C20H29N5O.HI/c1-3-21-20(22-12-15-24-13-8-9-14-24)23-16-19(26)25(4-2)17-18-10-6-5-7-11-18;/h5-11,13-14H,3-4,12,15-17H2,1-2H3,(H2,21,22,23);1H. The Hall–Kier alpha value is -2.03. The predicted octanol–water partition coefficient (Wildman–Crippen LogP) is 2.71. The van der Waals surface area contributed by atoms with Gasteiger partial charge in [-0.15, -0.1) is 24.0 Å². The third-order valence-corrected chi connectivity index (χ3v) is 4.00. The Labute approximate surface area is 179 Å². The monoisotopic (exact) mass is 483 g/mol. The zero-order chi connectivity index (χ0) is 18.6. The van der Waals surface area contributed by atoms with Gasteiger partial charge in [0.2, 0.25) is 5.91 Å². The van der Waals surface area contributed by atoms with Gasteiger partial charge in [-0.25, -0.2) is 4.99 Å². The van der Waals surface area contributed by atoms with Crippen molar-refractivity contribution in [2.45, 2.75) is 26.9 Å². The Kier molecular flexibility index (Phi) is 11.2. The lowest BCUT2D eigenvalue weighted by atomic mass is 10.2. The van der Waals surface area contributed by atoms with Crippen LogP contribution in [0.5, 0.6) is 0 Å². The molecule has 1 aromatic carbocycles. The van der Waals surface area contributed by atoms with Crippen LogP contribution in [0.25, 0.3) is 0 Å². The summed E-state index contributed by atoms with van der Waals surface area (Å²) in [6.07, 6.45) is 4.05. The number of halogens is 1. The van der Waals surface area contributed by atoms with E-state index >= 15 is 0 Å². The van der Waals surface area contributed by atoms with E-state index in [9.17, 15) is 4.79 Å². The zero-order valence-electron chi connectivity index (χ0n) is 16.1. The molecular formula is C20H30IN5O. The molecule has 0 saturated heterocycles. The quantitative estimate of drug-likeness (QED) is 0.328. The highest BCUT2D eigenvalue weighted by Gasteiger charge is 2.12. The van der Waals surface area contributed by atoms with Crippen LogP contribution >= 0.6 is 24.0 Å². The third-order valence-electron chi connectivity index (χ3n) is 4.00. The summed E-state index contributed by atoms with van der Waals surface area (Å²) in [4.78, 5) is 18.8. The Bertz CT molecular complexity index is 673. The number of rotatable bonds is 9. The Morgan fingerprint density at radius 3 is 2.41 bits per heavy atom. The van der Waals surface area contributed by atoms with Crippen LogP contribution in [-0.4, -0.2) is 47.5 Å². The summed E-state index contributed by atoms with van der Waals surface area (Å²) in [5.74, 6) is 0.697. The molecule has 0 spiro atoms. The maximum absolute atomic E-state index is 12.5. The van der Waals surface area contributed by atoms with Crippen molar-refractivity contribution in [3.63, 3.8) is 0 Å². The molecule has 6 nitrogen and oxygen atoms in total. The Morgan fingerprint density at radius 1 is 1.07 bits per heavy atom. The third kappa shape index (κ3) is 8.47. The van der Waals surface area contributed by atoms with Gasteiger partial charge < -0.3 is 20.1 Å². The molecule has 0 saturated carbocycles. The normalized spacial score (nSPS) is 10.8. The van der Waals surface area contributed by atoms with Gasteiger partial charge in [0.15, 0.2) is 5.96 Å². The lowest BCUT2D eigenvalue weighted by Gasteiger charge is -2.20. The van der Waals surface area contributed by atoms with E-state index < -0.39 is 0 Å². The average molecular weight is 483 g/mol. The number of nitrogens with one attached hydrogen (secondary N) is 2. The number of carbonyl (C=O) groups is 1. The van der Waals surface area contributed by atoms with E-state index in [1.807, 2.05) is 73.6 Å². The van der Waals surface area contributed by atoms with Gasteiger partial charge in [-0.3, -0.25) is 4.79 Å². The summed E-state index contributed by atoms with van der Waals surface area (Å²) >= 11 is 0. The maximum atomic E-state index is 12.5. The number of hydrogen-bond acceptors (Lipinski definition) is 2. The van der Waals surface area contributed by atoms with Crippen molar-refractivity contribution in [1.29, 1.82) is 0 Å². The van der Waals surface area contributed by atoms with Gasteiger partial charge in [0, 0.05) is 45.1 Å². The molecule has 0 aliphatic carbocycles. The van der Waals surface area contributed by atoms with Crippen LogP contribution in [0.1, 0.15) is 19.4 Å². The van der Waals surface area contributed by atoms with E-state index in [-0.39, 0.29) is 36.4 Å². The van der Waals surface area contributed by atoms with Crippen molar-refractivity contribution in [2.24, 2.45) is 4.99 Å². The topological polar surface area (TPSA) is 61.7 Å². The molecule has 0 atom stereocenters. The number of benzene rings is 1. The molecule has 0 unspecified atom stereocenters. The second-order valence-corrected chi connectivity index (χ2v) is 5.94. The van der Waals surface area contributed by atoms with Crippen LogP contribution in [0.3, 0.4) is 0 Å². The SMILES string of the molecule is CCNC(=NCC(=O)N(CC)Cc1ccccc1)NCCn1cccc1.I. The minimum Gasteiger partial charge on any atom is -0.357 e. The largest absolute Gasteiger partial charge is 0.357 e. The first-order valence-electron chi connectivity index (χ1n) is 9.17.